The highest BCUT2D eigenvalue weighted by molar-refractivity contribution is 6.30. The van der Waals surface area contributed by atoms with Gasteiger partial charge in [-0.15, -0.1) is 0 Å². The molecule has 0 aliphatic rings. The van der Waals surface area contributed by atoms with Crippen LogP contribution in [-0.4, -0.2) is 16.8 Å². The molecule has 146 valence electrons. The van der Waals surface area contributed by atoms with Gasteiger partial charge in [0.1, 0.15) is 0 Å². The molecule has 0 radical (unpaired) electrons. The molecule has 4 aromatic rings. The van der Waals surface area contributed by atoms with Crippen molar-refractivity contribution in [3.8, 4) is 17.1 Å². The second-order valence-corrected chi connectivity index (χ2v) is 6.84. The maximum atomic E-state index is 13.9. The Morgan fingerprint density at radius 1 is 1.10 bits per heavy atom. The van der Waals surface area contributed by atoms with Crippen molar-refractivity contribution in [2.45, 2.75) is 6.54 Å². The first-order valence-corrected chi connectivity index (χ1v) is 9.28. The lowest BCUT2D eigenvalue weighted by atomic mass is 10.1. The van der Waals surface area contributed by atoms with Gasteiger partial charge in [0.25, 0.3) is 5.56 Å². The van der Waals surface area contributed by atoms with E-state index in [9.17, 15) is 9.18 Å². The lowest BCUT2D eigenvalue weighted by Gasteiger charge is -2.16. The van der Waals surface area contributed by atoms with Gasteiger partial charge in [-0.05, 0) is 48.0 Å². The molecule has 0 saturated carbocycles. The van der Waals surface area contributed by atoms with Gasteiger partial charge in [-0.25, -0.2) is 14.1 Å². The number of fused-ring (bicyclic) bond motifs is 1. The van der Waals surface area contributed by atoms with Crippen LogP contribution in [0, 0.1) is 5.82 Å². The summed E-state index contributed by atoms with van der Waals surface area (Å²) < 4.78 is 20.3. The smallest absolute Gasteiger partial charge is 0.280 e. The Morgan fingerprint density at radius 2 is 1.86 bits per heavy atom. The molecule has 0 aliphatic carbocycles. The topological polar surface area (TPSA) is 56.1 Å². The molecular weight excluding hydrogens is 393 g/mol. The summed E-state index contributed by atoms with van der Waals surface area (Å²) in [7, 11) is 1.39. The summed E-state index contributed by atoms with van der Waals surface area (Å²) in [5.74, 6) is -0.0461. The molecule has 0 spiro atoms. The predicted octanol–water partition coefficient (Wildman–Crippen LogP) is 4.61. The molecule has 7 heteroatoms. The maximum absolute atomic E-state index is 13.9. The molecule has 5 nitrogen and oxygen atoms in total. The van der Waals surface area contributed by atoms with Crippen LogP contribution in [-0.2, 0) is 6.54 Å². The zero-order valence-corrected chi connectivity index (χ0v) is 16.3. The molecule has 1 N–H and O–H groups in total. The molecule has 0 amide bonds. The van der Waals surface area contributed by atoms with Crippen molar-refractivity contribution in [1.29, 1.82) is 0 Å². The van der Waals surface area contributed by atoms with Crippen molar-refractivity contribution >= 4 is 22.5 Å². The number of benzene rings is 3. The lowest BCUT2D eigenvalue weighted by Crippen LogP contribution is -2.31. The van der Waals surface area contributed by atoms with Crippen molar-refractivity contribution < 1.29 is 9.13 Å². The molecule has 0 bridgehead atoms. The van der Waals surface area contributed by atoms with Gasteiger partial charge in [-0.3, -0.25) is 4.79 Å². The Balaban J connectivity index is 1.84. The number of hydrogen-bond acceptors (Lipinski definition) is 4. The lowest BCUT2D eigenvalue weighted by molar-refractivity contribution is 0.386. The van der Waals surface area contributed by atoms with Gasteiger partial charge in [-0.1, -0.05) is 35.9 Å². The van der Waals surface area contributed by atoms with Gasteiger partial charge in [0.05, 0.1) is 24.6 Å². The highest BCUT2D eigenvalue weighted by atomic mass is 35.5. The third-order valence-electron chi connectivity index (χ3n) is 4.54. The second kappa shape index (κ2) is 7.93. The van der Waals surface area contributed by atoms with Crippen LogP contribution in [0.25, 0.3) is 22.3 Å². The van der Waals surface area contributed by atoms with E-state index >= 15 is 0 Å². The molecule has 4 rings (SSSR count). The summed E-state index contributed by atoms with van der Waals surface area (Å²) in [5.41, 5.74) is 4.92. The van der Waals surface area contributed by atoms with Crippen molar-refractivity contribution in [2.75, 3.05) is 12.5 Å². The normalized spacial score (nSPS) is 10.9. The monoisotopic (exact) mass is 409 g/mol. The van der Waals surface area contributed by atoms with Crippen LogP contribution in [0.5, 0.6) is 5.75 Å². The van der Waals surface area contributed by atoms with E-state index in [1.54, 1.807) is 36.4 Å². The largest absolute Gasteiger partial charge is 0.494 e. The Kier molecular flexibility index (Phi) is 5.18. The van der Waals surface area contributed by atoms with E-state index in [4.69, 9.17) is 16.3 Å². The quantitative estimate of drug-likeness (QED) is 0.523. The van der Waals surface area contributed by atoms with Gasteiger partial charge in [0, 0.05) is 10.6 Å². The van der Waals surface area contributed by atoms with Crippen LogP contribution >= 0.6 is 11.6 Å². The van der Waals surface area contributed by atoms with Crippen LogP contribution in [0.3, 0.4) is 0 Å². The van der Waals surface area contributed by atoms with E-state index in [0.717, 1.165) is 5.56 Å². The van der Waals surface area contributed by atoms with Crippen LogP contribution in [0.4, 0.5) is 4.39 Å². The fourth-order valence-corrected chi connectivity index (χ4v) is 3.17. The number of nitrogens with zero attached hydrogens (tertiary/aromatic N) is 2. The van der Waals surface area contributed by atoms with Gasteiger partial charge < -0.3 is 10.2 Å². The second-order valence-electron chi connectivity index (χ2n) is 6.40. The molecule has 29 heavy (non-hydrogen) atoms. The van der Waals surface area contributed by atoms with Crippen LogP contribution in [0.1, 0.15) is 5.56 Å². The van der Waals surface area contributed by atoms with Crippen molar-refractivity contribution in [2.24, 2.45) is 0 Å². The van der Waals surface area contributed by atoms with E-state index in [0.29, 0.717) is 33.9 Å². The highest BCUT2D eigenvalue weighted by Gasteiger charge is 2.15. The molecule has 0 saturated heterocycles. The summed E-state index contributed by atoms with van der Waals surface area (Å²) in [5, 5.41) is 1.12. The summed E-state index contributed by atoms with van der Waals surface area (Å²) in [6, 6.07) is 18.8. The molecule has 0 fully saturated rings. The average Bonchev–Trinajstić information content (AvgIpc) is 2.74. The molecule has 0 aliphatic heterocycles. The van der Waals surface area contributed by atoms with E-state index in [1.165, 1.54) is 23.9 Å². The molecule has 3 aromatic carbocycles. The fraction of sp³-hybridized carbons (Fsp3) is 0.0909. The number of rotatable bonds is 5. The number of methoxy groups -OCH3 is 1. The third-order valence-corrected chi connectivity index (χ3v) is 4.79. The number of hydrogen-bond donors (Lipinski definition) is 1. The zero-order chi connectivity index (χ0) is 20.4. The predicted molar refractivity (Wildman–Crippen MR) is 112 cm³/mol. The number of nitrogens with one attached hydrogen (secondary N) is 1. The highest BCUT2D eigenvalue weighted by Crippen LogP contribution is 2.25. The minimum atomic E-state index is -0.486. The van der Waals surface area contributed by atoms with Crippen molar-refractivity contribution in [1.82, 2.24) is 9.66 Å². The molecule has 1 aromatic heterocycles. The molecule has 0 atom stereocenters. The van der Waals surface area contributed by atoms with Crippen molar-refractivity contribution in [3.63, 3.8) is 0 Å². The van der Waals surface area contributed by atoms with Gasteiger partial charge in [0.2, 0.25) is 0 Å². The van der Waals surface area contributed by atoms with Crippen LogP contribution in [0.2, 0.25) is 5.02 Å². The number of aromatic nitrogens is 2. The van der Waals surface area contributed by atoms with Crippen LogP contribution in [0.15, 0.2) is 71.5 Å². The minimum Gasteiger partial charge on any atom is -0.494 e. The first kappa shape index (κ1) is 19.0. The third kappa shape index (κ3) is 3.79. The zero-order valence-electron chi connectivity index (χ0n) is 15.5. The first-order chi connectivity index (χ1) is 14.1. The van der Waals surface area contributed by atoms with Gasteiger partial charge in [-0.2, -0.15) is 0 Å². The summed E-state index contributed by atoms with van der Waals surface area (Å²) in [6.07, 6.45) is 0. The molecule has 0 unspecified atom stereocenters. The summed E-state index contributed by atoms with van der Waals surface area (Å²) in [6.45, 7) is 0.377. The Hall–Kier alpha value is -3.38. The Morgan fingerprint density at radius 3 is 2.62 bits per heavy atom. The van der Waals surface area contributed by atoms with Crippen molar-refractivity contribution in [3.05, 3.63) is 93.5 Å². The summed E-state index contributed by atoms with van der Waals surface area (Å²) in [4.78, 5) is 17.8. The number of ether oxygens (including phenoxy) is 1. The fourth-order valence-electron chi connectivity index (χ4n) is 3.04. The van der Waals surface area contributed by atoms with Crippen LogP contribution < -0.4 is 15.7 Å². The maximum Gasteiger partial charge on any atom is 0.280 e. The Labute approximate surface area is 171 Å². The standard InChI is InChI=1S/C22H17ClFN3O2/c1-29-20-12-15(8-11-18(20)24)21-26-19-5-3-2-4-17(19)22(28)27(21)25-13-14-6-9-16(23)10-7-14/h2-12,25H,13H2,1H3. The minimum absolute atomic E-state index is 0.0779. The van der Waals surface area contributed by atoms with E-state index < -0.39 is 5.82 Å². The average molecular weight is 410 g/mol. The number of halogens is 2. The Bertz CT molecular complexity index is 1240. The molecular formula is C22H17ClFN3O2. The van der Waals surface area contributed by atoms with E-state index in [-0.39, 0.29) is 11.3 Å². The molecule has 1 heterocycles. The van der Waals surface area contributed by atoms with E-state index in [2.05, 4.69) is 10.4 Å². The first-order valence-electron chi connectivity index (χ1n) is 8.91. The number of para-hydroxylation sites is 1. The SMILES string of the molecule is COc1cc(-c2nc3ccccc3c(=O)n2NCc2ccc(Cl)cc2)ccc1F. The summed E-state index contributed by atoms with van der Waals surface area (Å²) >= 11 is 5.94. The van der Waals surface area contributed by atoms with Gasteiger partial charge >= 0.3 is 0 Å². The van der Waals surface area contributed by atoms with Gasteiger partial charge in [0.15, 0.2) is 17.4 Å². The van der Waals surface area contributed by atoms with E-state index in [1.807, 2.05) is 18.2 Å².